The van der Waals surface area contributed by atoms with Gasteiger partial charge >= 0.3 is 0 Å². The molecular formula is C23H25N3O. The monoisotopic (exact) mass is 359 g/mol. The van der Waals surface area contributed by atoms with Crippen LogP contribution in [0.3, 0.4) is 0 Å². The van der Waals surface area contributed by atoms with Crippen LogP contribution in [0.15, 0.2) is 60.7 Å². The van der Waals surface area contributed by atoms with Crippen LogP contribution in [0.1, 0.15) is 38.7 Å². The molecule has 3 rings (SSSR count). The molecule has 0 radical (unpaired) electrons. The van der Waals surface area contributed by atoms with E-state index in [9.17, 15) is 0 Å². The van der Waals surface area contributed by atoms with Crippen molar-refractivity contribution in [1.29, 1.82) is 0 Å². The fraction of sp³-hybridized carbons (Fsp3) is 0.304. The smallest absolute Gasteiger partial charge is 0.226 e. The minimum Gasteiger partial charge on any atom is -0.344 e. The molecule has 0 N–H and O–H groups in total. The van der Waals surface area contributed by atoms with Gasteiger partial charge in [-0.25, -0.2) is 4.68 Å². The second-order valence-electron chi connectivity index (χ2n) is 6.32. The van der Waals surface area contributed by atoms with Crippen LogP contribution in [0.2, 0.25) is 0 Å². The van der Waals surface area contributed by atoms with E-state index in [0.29, 0.717) is 6.61 Å². The minimum atomic E-state index is -0.818. The van der Waals surface area contributed by atoms with Crippen molar-refractivity contribution in [3.05, 3.63) is 66.2 Å². The lowest BCUT2D eigenvalue weighted by atomic mass is 10.1. The summed E-state index contributed by atoms with van der Waals surface area (Å²) in [6, 6.07) is 18.1. The van der Waals surface area contributed by atoms with Crippen molar-refractivity contribution in [2.24, 2.45) is 0 Å². The van der Waals surface area contributed by atoms with Crippen molar-refractivity contribution >= 4 is 17.1 Å². The molecule has 2 aromatic carbocycles. The molecule has 3 aromatic rings. The van der Waals surface area contributed by atoms with E-state index < -0.39 is 5.72 Å². The molecule has 0 amide bonds. The number of allylic oxidation sites excluding steroid dienone is 1. The van der Waals surface area contributed by atoms with Crippen molar-refractivity contribution in [3.8, 4) is 11.8 Å². The summed E-state index contributed by atoms with van der Waals surface area (Å²) in [6.45, 7) is 4.70. The number of ether oxygens (including phenoxy) is 1. The first-order chi connectivity index (χ1) is 13.3. The maximum Gasteiger partial charge on any atom is 0.226 e. The highest BCUT2D eigenvalue weighted by atomic mass is 16.5. The van der Waals surface area contributed by atoms with Crippen molar-refractivity contribution in [1.82, 2.24) is 15.0 Å². The Morgan fingerprint density at radius 3 is 2.63 bits per heavy atom. The number of fused-ring (bicyclic) bond motifs is 1. The fourth-order valence-corrected chi connectivity index (χ4v) is 3.04. The van der Waals surface area contributed by atoms with Gasteiger partial charge in [-0.05, 0) is 49.1 Å². The molecule has 1 unspecified atom stereocenters. The first kappa shape index (κ1) is 18.9. The van der Waals surface area contributed by atoms with Gasteiger partial charge in [-0.3, -0.25) is 0 Å². The first-order valence-corrected chi connectivity index (χ1v) is 9.48. The molecular weight excluding hydrogens is 334 g/mol. The Bertz CT molecular complexity index is 950. The number of benzene rings is 2. The van der Waals surface area contributed by atoms with Crippen molar-refractivity contribution in [2.75, 3.05) is 6.61 Å². The van der Waals surface area contributed by atoms with Gasteiger partial charge in [-0.2, -0.15) is 0 Å². The van der Waals surface area contributed by atoms with E-state index in [4.69, 9.17) is 4.74 Å². The van der Waals surface area contributed by atoms with E-state index in [-0.39, 0.29) is 0 Å². The zero-order valence-electron chi connectivity index (χ0n) is 15.9. The molecule has 138 valence electrons. The normalized spacial score (nSPS) is 13.4. The average Bonchev–Trinajstić information content (AvgIpc) is 3.15. The number of hydrogen-bond acceptors (Lipinski definition) is 3. The van der Waals surface area contributed by atoms with E-state index in [0.717, 1.165) is 35.9 Å². The second-order valence-corrected chi connectivity index (χ2v) is 6.32. The Hall–Kier alpha value is -2.90. The molecule has 0 aliphatic rings. The van der Waals surface area contributed by atoms with Crippen LogP contribution in [0.4, 0.5) is 0 Å². The van der Waals surface area contributed by atoms with E-state index in [1.54, 1.807) is 0 Å². The summed E-state index contributed by atoms with van der Waals surface area (Å²) in [5.74, 6) is 6.51. The summed E-state index contributed by atoms with van der Waals surface area (Å²) in [6.07, 6.45) is 6.68. The topological polar surface area (TPSA) is 39.9 Å². The number of aromatic nitrogens is 3. The fourth-order valence-electron chi connectivity index (χ4n) is 3.04. The maximum absolute atomic E-state index is 6.19. The lowest BCUT2D eigenvalue weighted by Crippen LogP contribution is -2.36. The minimum absolute atomic E-state index is 0.551. The van der Waals surface area contributed by atoms with Crippen LogP contribution in [0.5, 0.6) is 0 Å². The number of nitrogens with zero attached hydrogens (tertiary/aromatic N) is 3. The van der Waals surface area contributed by atoms with E-state index in [1.807, 2.05) is 66.2 Å². The zero-order valence-corrected chi connectivity index (χ0v) is 15.9. The lowest BCUT2D eigenvalue weighted by molar-refractivity contribution is -0.0677. The van der Waals surface area contributed by atoms with Gasteiger partial charge in [-0.1, -0.05) is 66.9 Å². The Morgan fingerprint density at radius 2 is 1.85 bits per heavy atom. The van der Waals surface area contributed by atoms with Crippen LogP contribution < -0.4 is 0 Å². The highest BCUT2D eigenvalue weighted by Gasteiger charge is 2.33. The van der Waals surface area contributed by atoms with Gasteiger partial charge in [0, 0.05) is 13.0 Å². The quantitative estimate of drug-likeness (QED) is 0.556. The molecule has 1 aromatic heterocycles. The SMILES string of the molecule is CCCCC(C#C/C=C/c1ccccc1)(OCC)n1nnc2ccccc21. The van der Waals surface area contributed by atoms with Gasteiger partial charge in [-0.15, -0.1) is 5.10 Å². The van der Waals surface area contributed by atoms with Crippen LogP contribution in [-0.2, 0) is 10.5 Å². The summed E-state index contributed by atoms with van der Waals surface area (Å²) in [4.78, 5) is 0. The number of unbranched alkanes of at least 4 members (excludes halogenated alkanes) is 1. The largest absolute Gasteiger partial charge is 0.344 e. The molecule has 0 saturated carbocycles. The Morgan fingerprint density at radius 1 is 1.07 bits per heavy atom. The highest BCUT2D eigenvalue weighted by Crippen LogP contribution is 2.28. The van der Waals surface area contributed by atoms with Crippen LogP contribution >= 0.6 is 0 Å². The third kappa shape index (κ3) is 4.45. The molecule has 0 fully saturated rings. The summed E-state index contributed by atoms with van der Waals surface area (Å²) < 4.78 is 8.03. The molecule has 0 spiro atoms. The van der Waals surface area contributed by atoms with Crippen molar-refractivity contribution in [3.63, 3.8) is 0 Å². The predicted molar refractivity (Wildman–Crippen MR) is 110 cm³/mol. The molecule has 0 bridgehead atoms. The molecule has 1 atom stereocenters. The Kier molecular flexibility index (Phi) is 6.40. The van der Waals surface area contributed by atoms with Gasteiger partial charge in [0.15, 0.2) is 0 Å². The molecule has 4 nitrogen and oxygen atoms in total. The summed E-state index contributed by atoms with van der Waals surface area (Å²) in [5.41, 5.74) is 2.08. The number of para-hydroxylation sites is 1. The number of rotatable bonds is 7. The van der Waals surface area contributed by atoms with Gasteiger partial charge in [0.05, 0.1) is 5.52 Å². The van der Waals surface area contributed by atoms with Gasteiger partial charge in [0.1, 0.15) is 5.52 Å². The Balaban J connectivity index is 2.00. The molecule has 4 heteroatoms. The molecule has 0 aliphatic carbocycles. The second kappa shape index (κ2) is 9.16. The van der Waals surface area contributed by atoms with Crippen LogP contribution in [-0.4, -0.2) is 21.6 Å². The summed E-state index contributed by atoms with van der Waals surface area (Å²) in [5, 5.41) is 8.69. The van der Waals surface area contributed by atoms with Crippen LogP contribution in [0, 0.1) is 11.8 Å². The predicted octanol–water partition coefficient (Wildman–Crippen LogP) is 5.03. The van der Waals surface area contributed by atoms with E-state index in [2.05, 4.69) is 41.2 Å². The standard InChI is InChI=1S/C23H25N3O/c1-3-5-18-23(27-4-2,19-12-11-15-20-13-7-6-8-14-20)26-22-17-10-9-16-21(22)24-25-26/h6-11,13-17H,3-5,18H2,1-2H3/b15-11+. The third-order valence-electron chi connectivity index (χ3n) is 4.37. The lowest BCUT2D eigenvalue weighted by Gasteiger charge is -2.28. The van der Waals surface area contributed by atoms with Crippen molar-refractivity contribution in [2.45, 2.75) is 38.8 Å². The van der Waals surface area contributed by atoms with E-state index >= 15 is 0 Å². The summed E-state index contributed by atoms with van der Waals surface area (Å²) in [7, 11) is 0. The van der Waals surface area contributed by atoms with Gasteiger partial charge in [0.25, 0.3) is 0 Å². The first-order valence-electron chi connectivity index (χ1n) is 9.48. The average molecular weight is 359 g/mol. The molecule has 27 heavy (non-hydrogen) atoms. The highest BCUT2D eigenvalue weighted by molar-refractivity contribution is 5.74. The molecule has 0 aliphatic heterocycles. The maximum atomic E-state index is 6.19. The van der Waals surface area contributed by atoms with E-state index in [1.165, 1.54) is 0 Å². The van der Waals surface area contributed by atoms with Crippen molar-refractivity contribution < 1.29 is 4.74 Å². The van der Waals surface area contributed by atoms with Gasteiger partial charge in [0.2, 0.25) is 5.72 Å². The Labute approximate surface area is 160 Å². The molecule has 0 saturated heterocycles. The molecule has 1 heterocycles. The number of hydrogen-bond donors (Lipinski definition) is 0. The zero-order chi connectivity index (χ0) is 19.0. The van der Waals surface area contributed by atoms with Crippen LogP contribution in [0.25, 0.3) is 17.1 Å². The third-order valence-corrected chi connectivity index (χ3v) is 4.37. The summed E-state index contributed by atoms with van der Waals surface area (Å²) >= 11 is 0. The van der Waals surface area contributed by atoms with Gasteiger partial charge < -0.3 is 4.74 Å².